The Morgan fingerprint density at radius 2 is 1.89 bits per heavy atom. The van der Waals surface area contributed by atoms with E-state index in [1.54, 1.807) is 24.3 Å². The van der Waals surface area contributed by atoms with Gasteiger partial charge in [-0.3, -0.25) is 0 Å². The molecule has 0 aliphatic rings. The van der Waals surface area contributed by atoms with Gasteiger partial charge in [-0.05, 0) is 0 Å². The first-order valence-electron chi connectivity index (χ1n) is 4.98. The Morgan fingerprint density at radius 3 is 2.42 bits per heavy atom. The number of alkyl halides is 3. The van der Waals surface area contributed by atoms with Crippen molar-refractivity contribution in [3.05, 3.63) is 29.8 Å². The molecule has 0 saturated carbocycles. The van der Waals surface area contributed by atoms with E-state index in [0.717, 1.165) is 5.56 Å². The maximum absolute atomic E-state index is 12.2. The third kappa shape index (κ3) is 4.39. The number of hydrogen-bond donors (Lipinski definition) is 0. The van der Waals surface area contributed by atoms with E-state index < -0.39 is 30.9 Å². The second kappa shape index (κ2) is 6.49. The van der Waals surface area contributed by atoms with Crippen LogP contribution in [-0.2, 0) is 13.4 Å². The average Bonchev–Trinajstić information content (AvgIpc) is 2.34. The molecule has 0 saturated heterocycles. The van der Waals surface area contributed by atoms with E-state index in [4.69, 9.17) is 0 Å². The van der Waals surface area contributed by atoms with Crippen LogP contribution >= 0.6 is 11.8 Å². The van der Waals surface area contributed by atoms with Gasteiger partial charge in [0, 0.05) is 0 Å². The molecule has 1 aromatic carbocycles. The number of hydrogen-bond acceptors (Lipinski definition) is 4. The molecule has 0 N–H and O–H groups in total. The molecule has 19 heavy (non-hydrogen) atoms. The van der Waals surface area contributed by atoms with Gasteiger partial charge < -0.3 is 0 Å². The average molecular weight is 379 g/mol. The van der Waals surface area contributed by atoms with Crippen molar-refractivity contribution in [2.45, 2.75) is 17.7 Å². The summed E-state index contributed by atoms with van der Waals surface area (Å²) in [5.74, 6) is 0. The third-order valence-electron chi connectivity index (χ3n) is 2.21. The van der Waals surface area contributed by atoms with Crippen molar-refractivity contribution in [2.24, 2.45) is 0 Å². The Kier molecular flexibility index (Phi) is 5.76. The predicted molar refractivity (Wildman–Crippen MR) is 69.8 cm³/mol. The van der Waals surface area contributed by atoms with Crippen LogP contribution in [0.4, 0.5) is 13.2 Å². The Bertz CT molecular complexity index is 531. The Morgan fingerprint density at radius 1 is 1.32 bits per heavy atom. The molecule has 0 spiro atoms. The van der Waals surface area contributed by atoms with Crippen LogP contribution in [0.5, 0.6) is 0 Å². The number of halogens is 3. The zero-order chi connectivity index (χ0) is 14.7. The number of thioether (sulfide) groups is 1. The van der Waals surface area contributed by atoms with E-state index >= 15 is 0 Å². The molecule has 0 aliphatic carbocycles. The molecule has 9 heteroatoms. The van der Waals surface area contributed by atoms with E-state index in [1.165, 1.54) is 11.8 Å². The summed E-state index contributed by atoms with van der Waals surface area (Å²) in [4.78, 5) is 0. The first-order chi connectivity index (χ1) is 8.69. The molecule has 1 atom stereocenters. The molecule has 1 rings (SSSR count). The van der Waals surface area contributed by atoms with Crippen molar-refractivity contribution < 1.29 is 24.9 Å². The minimum absolute atomic E-state index is 0.0512. The summed E-state index contributed by atoms with van der Waals surface area (Å²) in [5, 5.41) is 0.0512. The van der Waals surface area contributed by atoms with Gasteiger partial charge in [0.05, 0.1) is 0 Å². The van der Waals surface area contributed by atoms with Gasteiger partial charge >= 0.3 is 120 Å². The van der Waals surface area contributed by atoms with Crippen molar-refractivity contribution in [3.8, 4) is 0 Å². The van der Waals surface area contributed by atoms with Crippen LogP contribution in [0.2, 0.25) is 0 Å². The molecule has 0 heterocycles. The van der Waals surface area contributed by atoms with Crippen LogP contribution in [0, 0.1) is 0 Å². The minimum atomic E-state index is -5.52. The topological polar surface area (TPSA) is 43.4 Å². The standard InChI is InChI=1S/C10H11F3O3S2Se/c1-7(17-2)8-5-3-4-6-9(8)19-16-18(14,15)10(11,12)13/h3-7H,1-2H3/t7-/m0/s1. The normalized spacial score (nSPS) is 14.4. The van der Waals surface area contributed by atoms with Gasteiger partial charge in [-0.15, -0.1) is 0 Å². The second-order valence-electron chi connectivity index (χ2n) is 3.47. The van der Waals surface area contributed by atoms with E-state index in [2.05, 4.69) is 3.27 Å². The van der Waals surface area contributed by atoms with Crippen LogP contribution in [0.1, 0.15) is 17.7 Å². The molecule has 0 fully saturated rings. The van der Waals surface area contributed by atoms with Gasteiger partial charge in [-0.25, -0.2) is 0 Å². The van der Waals surface area contributed by atoms with E-state index in [0.29, 0.717) is 4.46 Å². The molecule has 108 valence electrons. The van der Waals surface area contributed by atoms with Crippen LogP contribution < -0.4 is 4.46 Å². The van der Waals surface area contributed by atoms with Crippen molar-refractivity contribution in [3.63, 3.8) is 0 Å². The molecule has 0 bridgehead atoms. The van der Waals surface area contributed by atoms with Gasteiger partial charge in [0.25, 0.3) is 0 Å². The van der Waals surface area contributed by atoms with E-state index in [9.17, 15) is 21.6 Å². The second-order valence-corrected chi connectivity index (χ2v) is 8.28. The molecular weight excluding hydrogens is 368 g/mol. The first-order valence-corrected chi connectivity index (χ1v) is 9.23. The van der Waals surface area contributed by atoms with Gasteiger partial charge in [0.1, 0.15) is 0 Å². The number of rotatable bonds is 5. The fraction of sp³-hybridized carbons (Fsp3) is 0.400. The van der Waals surface area contributed by atoms with E-state index in [1.807, 2.05) is 13.2 Å². The molecule has 0 radical (unpaired) electrons. The molecule has 0 unspecified atom stereocenters. The molecular formula is C10H11F3O3S2Se. The number of benzene rings is 1. The Hall–Kier alpha value is -0.211. The van der Waals surface area contributed by atoms with Crippen LogP contribution in [0.3, 0.4) is 0 Å². The Labute approximate surface area is 120 Å². The van der Waals surface area contributed by atoms with Crippen molar-refractivity contribution >= 4 is 41.6 Å². The zero-order valence-electron chi connectivity index (χ0n) is 9.97. The van der Waals surface area contributed by atoms with Gasteiger partial charge in [-0.2, -0.15) is 0 Å². The summed E-state index contributed by atoms with van der Waals surface area (Å²) in [6.07, 6.45) is 1.86. The molecule has 0 amide bonds. The van der Waals surface area contributed by atoms with Gasteiger partial charge in [0.2, 0.25) is 0 Å². The molecule has 0 aliphatic heterocycles. The van der Waals surface area contributed by atoms with Gasteiger partial charge in [0.15, 0.2) is 0 Å². The van der Waals surface area contributed by atoms with Crippen molar-refractivity contribution in [1.82, 2.24) is 0 Å². The SMILES string of the molecule is CS[C@@H](C)c1ccccc1[Se]OS(=O)(=O)C(F)(F)F. The summed E-state index contributed by atoms with van der Waals surface area (Å²) in [6, 6.07) is 6.72. The fourth-order valence-corrected chi connectivity index (χ4v) is 4.51. The summed E-state index contributed by atoms with van der Waals surface area (Å²) < 4.78 is 62.7. The van der Waals surface area contributed by atoms with Crippen LogP contribution in [-0.4, -0.2) is 35.5 Å². The zero-order valence-corrected chi connectivity index (χ0v) is 13.3. The van der Waals surface area contributed by atoms with E-state index in [-0.39, 0.29) is 5.25 Å². The molecule has 0 aromatic heterocycles. The first kappa shape index (κ1) is 16.8. The predicted octanol–water partition coefficient (Wildman–Crippen LogP) is 2.22. The summed E-state index contributed by atoms with van der Waals surface area (Å²) in [7, 11) is -5.52. The maximum atomic E-state index is 12.2. The quantitative estimate of drug-likeness (QED) is 0.581. The monoisotopic (exact) mass is 380 g/mol. The molecule has 3 nitrogen and oxygen atoms in total. The Balaban J connectivity index is 2.91. The van der Waals surface area contributed by atoms with Gasteiger partial charge in [-0.1, -0.05) is 0 Å². The fourth-order valence-electron chi connectivity index (χ4n) is 1.14. The summed E-state index contributed by atoms with van der Waals surface area (Å²) in [6.45, 7) is 1.89. The molecule has 1 aromatic rings. The van der Waals surface area contributed by atoms with Crippen molar-refractivity contribution in [1.29, 1.82) is 0 Å². The third-order valence-corrected chi connectivity index (χ3v) is 6.70. The van der Waals surface area contributed by atoms with Crippen molar-refractivity contribution in [2.75, 3.05) is 6.26 Å². The van der Waals surface area contributed by atoms with Crippen LogP contribution in [0.15, 0.2) is 24.3 Å². The summed E-state index contributed by atoms with van der Waals surface area (Å²) >= 11 is 0.273. The summed E-state index contributed by atoms with van der Waals surface area (Å²) in [5.41, 5.74) is -4.60. The van der Waals surface area contributed by atoms with Crippen LogP contribution in [0.25, 0.3) is 0 Å².